The Kier molecular flexibility index (Phi) is 5.47. The zero-order valence-corrected chi connectivity index (χ0v) is 11.0. The third kappa shape index (κ3) is 3.93. The van der Waals surface area contributed by atoms with Gasteiger partial charge >= 0.3 is 0 Å². The molecule has 0 radical (unpaired) electrons. The third-order valence-electron chi connectivity index (χ3n) is 3.09. The zero-order chi connectivity index (χ0) is 12.0. The smallest absolute Gasteiger partial charge is 0.0375 e. The maximum absolute atomic E-state index is 4.24. The number of pyridine rings is 1. The molecule has 0 aliphatic heterocycles. The minimum Gasteiger partial charge on any atom is -0.313 e. The molecule has 0 bridgehead atoms. The van der Waals surface area contributed by atoms with Crippen LogP contribution in [0.1, 0.15) is 50.4 Å². The Hall–Kier alpha value is -0.890. The Labute approximate surface area is 99.5 Å². The van der Waals surface area contributed by atoms with Crippen LogP contribution in [0.3, 0.4) is 0 Å². The van der Waals surface area contributed by atoms with E-state index in [-0.39, 0.29) is 0 Å². The summed E-state index contributed by atoms with van der Waals surface area (Å²) in [7, 11) is 2.04. The van der Waals surface area contributed by atoms with E-state index in [1.54, 1.807) is 0 Å². The molecule has 2 nitrogen and oxygen atoms in total. The second-order valence-corrected chi connectivity index (χ2v) is 4.70. The first-order valence-corrected chi connectivity index (χ1v) is 6.27. The van der Waals surface area contributed by atoms with Gasteiger partial charge in [-0.25, -0.2) is 0 Å². The van der Waals surface area contributed by atoms with Crippen LogP contribution in [-0.4, -0.2) is 12.0 Å². The first kappa shape index (κ1) is 13.2. The van der Waals surface area contributed by atoms with E-state index < -0.39 is 0 Å². The van der Waals surface area contributed by atoms with E-state index in [9.17, 15) is 0 Å². The molecule has 1 aromatic heterocycles. The summed E-state index contributed by atoms with van der Waals surface area (Å²) in [5, 5.41) is 3.41. The van der Waals surface area contributed by atoms with Crippen molar-refractivity contribution >= 4 is 0 Å². The van der Waals surface area contributed by atoms with Gasteiger partial charge in [-0.3, -0.25) is 4.98 Å². The highest BCUT2D eigenvalue weighted by molar-refractivity contribution is 5.19. The van der Waals surface area contributed by atoms with Crippen LogP contribution in [0.15, 0.2) is 18.3 Å². The SMILES string of the molecule is CCCC(C)CC(NC)c1ccnc(C)c1. The first-order valence-electron chi connectivity index (χ1n) is 6.27. The van der Waals surface area contributed by atoms with Gasteiger partial charge in [0.15, 0.2) is 0 Å². The summed E-state index contributed by atoms with van der Waals surface area (Å²) in [6.07, 6.45) is 5.68. The van der Waals surface area contributed by atoms with Crippen molar-refractivity contribution in [2.45, 2.75) is 46.1 Å². The van der Waals surface area contributed by atoms with E-state index in [2.05, 4.69) is 36.3 Å². The number of hydrogen-bond donors (Lipinski definition) is 1. The molecule has 0 spiro atoms. The summed E-state index contributed by atoms with van der Waals surface area (Å²) >= 11 is 0. The van der Waals surface area contributed by atoms with Crippen LogP contribution in [0.5, 0.6) is 0 Å². The minimum absolute atomic E-state index is 0.461. The van der Waals surface area contributed by atoms with Crippen LogP contribution in [0.25, 0.3) is 0 Å². The summed E-state index contributed by atoms with van der Waals surface area (Å²) in [5.74, 6) is 0.774. The van der Waals surface area contributed by atoms with Crippen molar-refractivity contribution in [3.63, 3.8) is 0 Å². The summed E-state index contributed by atoms with van der Waals surface area (Å²) in [4.78, 5) is 4.24. The van der Waals surface area contributed by atoms with E-state index in [1.165, 1.54) is 24.8 Å². The fourth-order valence-electron chi connectivity index (χ4n) is 2.22. The van der Waals surface area contributed by atoms with E-state index in [0.29, 0.717) is 6.04 Å². The Morgan fingerprint density at radius 1 is 1.44 bits per heavy atom. The maximum atomic E-state index is 4.24. The van der Waals surface area contributed by atoms with Crippen molar-refractivity contribution in [1.29, 1.82) is 0 Å². The lowest BCUT2D eigenvalue weighted by Crippen LogP contribution is -2.19. The molecule has 2 heteroatoms. The average molecular weight is 220 g/mol. The number of rotatable bonds is 6. The molecule has 0 amide bonds. The number of aryl methyl sites for hydroxylation is 1. The molecule has 1 N–H and O–H groups in total. The second-order valence-electron chi connectivity index (χ2n) is 4.70. The predicted octanol–water partition coefficient (Wildman–Crippen LogP) is 3.48. The van der Waals surface area contributed by atoms with Gasteiger partial charge in [0.25, 0.3) is 0 Å². The molecule has 0 saturated carbocycles. The van der Waals surface area contributed by atoms with Gasteiger partial charge in [-0.1, -0.05) is 26.7 Å². The zero-order valence-electron chi connectivity index (χ0n) is 11.0. The van der Waals surface area contributed by atoms with Crippen LogP contribution in [0, 0.1) is 12.8 Å². The molecule has 0 aliphatic carbocycles. The van der Waals surface area contributed by atoms with Crippen molar-refractivity contribution in [1.82, 2.24) is 10.3 Å². The van der Waals surface area contributed by atoms with Crippen molar-refractivity contribution < 1.29 is 0 Å². The lowest BCUT2D eigenvalue weighted by Gasteiger charge is -2.21. The Morgan fingerprint density at radius 3 is 2.75 bits per heavy atom. The lowest BCUT2D eigenvalue weighted by atomic mass is 9.93. The standard InChI is InChI=1S/C14H24N2/c1-5-6-11(2)9-14(15-4)13-7-8-16-12(3)10-13/h7-8,10-11,14-15H,5-6,9H2,1-4H3. The molecule has 0 fully saturated rings. The summed E-state index contributed by atoms with van der Waals surface area (Å²) < 4.78 is 0. The van der Waals surface area contributed by atoms with Crippen molar-refractivity contribution in [3.05, 3.63) is 29.6 Å². The molecule has 2 atom stereocenters. The molecule has 0 aromatic carbocycles. The van der Waals surface area contributed by atoms with Crippen LogP contribution < -0.4 is 5.32 Å². The van der Waals surface area contributed by atoms with Crippen LogP contribution in [0.2, 0.25) is 0 Å². The normalized spacial score (nSPS) is 14.8. The van der Waals surface area contributed by atoms with Crippen LogP contribution in [-0.2, 0) is 0 Å². The number of nitrogens with one attached hydrogen (secondary N) is 1. The fraction of sp³-hybridized carbons (Fsp3) is 0.643. The van der Waals surface area contributed by atoms with Gasteiger partial charge in [-0.2, -0.15) is 0 Å². The Bertz CT molecular complexity index is 309. The van der Waals surface area contributed by atoms with Crippen LogP contribution in [0.4, 0.5) is 0 Å². The molecule has 1 heterocycles. The van der Waals surface area contributed by atoms with E-state index in [1.807, 2.05) is 20.2 Å². The minimum atomic E-state index is 0.461. The largest absolute Gasteiger partial charge is 0.313 e. The van der Waals surface area contributed by atoms with Gasteiger partial charge in [0.2, 0.25) is 0 Å². The van der Waals surface area contributed by atoms with E-state index in [4.69, 9.17) is 0 Å². The van der Waals surface area contributed by atoms with Crippen molar-refractivity contribution in [2.24, 2.45) is 5.92 Å². The van der Waals surface area contributed by atoms with E-state index in [0.717, 1.165) is 11.6 Å². The highest BCUT2D eigenvalue weighted by Crippen LogP contribution is 2.23. The Balaban J connectivity index is 2.67. The molecular formula is C14H24N2. The number of aromatic nitrogens is 1. The third-order valence-corrected chi connectivity index (χ3v) is 3.09. The van der Waals surface area contributed by atoms with Crippen molar-refractivity contribution in [3.8, 4) is 0 Å². The summed E-state index contributed by atoms with van der Waals surface area (Å²) in [5.41, 5.74) is 2.46. The maximum Gasteiger partial charge on any atom is 0.0375 e. The second kappa shape index (κ2) is 6.64. The number of nitrogens with zero attached hydrogens (tertiary/aromatic N) is 1. The van der Waals surface area contributed by atoms with E-state index >= 15 is 0 Å². The highest BCUT2D eigenvalue weighted by atomic mass is 14.9. The fourth-order valence-corrected chi connectivity index (χ4v) is 2.22. The van der Waals surface area contributed by atoms with Crippen LogP contribution >= 0.6 is 0 Å². The van der Waals surface area contributed by atoms with Gasteiger partial charge < -0.3 is 5.32 Å². The van der Waals surface area contributed by atoms with Gasteiger partial charge in [-0.15, -0.1) is 0 Å². The molecule has 0 aliphatic rings. The van der Waals surface area contributed by atoms with Gasteiger partial charge in [-0.05, 0) is 44.0 Å². The summed E-state index contributed by atoms with van der Waals surface area (Å²) in [6.45, 7) is 6.63. The average Bonchev–Trinajstić information content (AvgIpc) is 2.26. The van der Waals surface area contributed by atoms with Gasteiger partial charge in [0.1, 0.15) is 0 Å². The monoisotopic (exact) mass is 220 g/mol. The van der Waals surface area contributed by atoms with Gasteiger partial charge in [0.05, 0.1) is 0 Å². The molecule has 16 heavy (non-hydrogen) atoms. The quantitative estimate of drug-likeness (QED) is 0.794. The van der Waals surface area contributed by atoms with Crippen molar-refractivity contribution in [2.75, 3.05) is 7.05 Å². The Morgan fingerprint density at radius 2 is 2.19 bits per heavy atom. The lowest BCUT2D eigenvalue weighted by molar-refractivity contribution is 0.406. The molecular weight excluding hydrogens is 196 g/mol. The molecule has 2 unspecified atom stereocenters. The highest BCUT2D eigenvalue weighted by Gasteiger charge is 2.13. The predicted molar refractivity (Wildman–Crippen MR) is 69.5 cm³/mol. The molecule has 1 rings (SSSR count). The molecule has 0 saturated heterocycles. The molecule has 90 valence electrons. The number of hydrogen-bond acceptors (Lipinski definition) is 2. The molecule has 1 aromatic rings. The topological polar surface area (TPSA) is 24.9 Å². The first-order chi connectivity index (χ1) is 7.67. The summed E-state index contributed by atoms with van der Waals surface area (Å²) in [6, 6.07) is 4.76. The van der Waals surface area contributed by atoms with Gasteiger partial charge in [0, 0.05) is 17.9 Å².